The zero-order valence-electron chi connectivity index (χ0n) is 25.5. The Kier molecular flexibility index (Phi) is 13.2. The highest BCUT2D eigenvalue weighted by molar-refractivity contribution is 6.02. The van der Waals surface area contributed by atoms with E-state index in [1.807, 2.05) is 42.5 Å². The van der Waals surface area contributed by atoms with Gasteiger partial charge >= 0.3 is 17.9 Å². The third-order valence-electron chi connectivity index (χ3n) is 5.86. The summed E-state index contributed by atoms with van der Waals surface area (Å²) in [7, 11) is 0. The number of para-hydroxylation sites is 2. The van der Waals surface area contributed by atoms with Crippen molar-refractivity contribution in [3.8, 4) is 35.5 Å². The van der Waals surface area contributed by atoms with Crippen LogP contribution in [-0.2, 0) is 21.1 Å². The fourth-order valence-corrected chi connectivity index (χ4v) is 3.77. The fraction of sp³-hybridized carbons (Fsp3) is 0.171. The highest BCUT2D eigenvalue weighted by Gasteiger charge is 2.29. The first kappa shape index (κ1) is 35.4. The van der Waals surface area contributed by atoms with Gasteiger partial charge in [0.25, 0.3) is 0 Å². The number of rotatable bonds is 14. The van der Waals surface area contributed by atoms with Gasteiger partial charge in [0.15, 0.2) is 0 Å². The van der Waals surface area contributed by atoms with E-state index in [0.29, 0.717) is 17.2 Å². The Labute approximate surface area is 270 Å². The Morgan fingerprint density at radius 3 is 1.87 bits per heavy atom. The maximum absolute atomic E-state index is 12.7. The number of carboxylic acids is 2. The van der Waals surface area contributed by atoms with Gasteiger partial charge in [-0.3, -0.25) is 0 Å². The first-order valence-corrected chi connectivity index (χ1v) is 13.9. The second-order valence-corrected chi connectivity index (χ2v) is 9.84. The summed E-state index contributed by atoms with van der Waals surface area (Å²) in [6.07, 6.45) is 6.96. The van der Waals surface area contributed by atoms with E-state index in [1.165, 1.54) is 38.1 Å². The molecule has 0 heterocycles. The number of phenols is 1. The van der Waals surface area contributed by atoms with Gasteiger partial charge in [0.2, 0.25) is 5.79 Å². The van der Waals surface area contributed by atoms with Crippen LogP contribution in [0.15, 0.2) is 97.1 Å². The van der Waals surface area contributed by atoms with Crippen molar-refractivity contribution in [3.63, 3.8) is 0 Å². The molecule has 0 aliphatic rings. The maximum Gasteiger partial charge on any atom is 0.341 e. The van der Waals surface area contributed by atoms with Gasteiger partial charge < -0.3 is 34.3 Å². The maximum atomic E-state index is 12.7. The van der Waals surface area contributed by atoms with Crippen LogP contribution in [0.1, 0.15) is 50.5 Å². The molecule has 0 aliphatic heterocycles. The van der Waals surface area contributed by atoms with E-state index >= 15 is 0 Å². The number of phenolic OH excluding ortho intramolecular Hbond substituents is 1. The third kappa shape index (κ3) is 11.8. The van der Waals surface area contributed by atoms with Crippen molar-refractivity contribution in [3.05, 3.63) is 119 Å². The predicted molar refractivity (Wildman–Crippen MR) is 167 cm³/mol. The number of carboxylic acid groups (broad SMARTS) is 2. The number of terminal acetylenes is 1. The van der Waals surface area contributed by atoms with Crippen LogP contribution in [0.2, 0.25) is 0 Å². The lowest BCUT2D eigenvalue weighted by molar-refractivity contribution is -0.411. The fourth-order valence-electron chi connectivity index (χ4n) is 3.77. The summed E-state index contributed by atoms with van der Waals surface area (Å²) in [5, 5.41) is 27.7. The molecule has 12 nitrogen and oxygen atoms in total. The van der Waals surface area contributed by atoms with Crippen LogP contribution in [0, 0.1) is 12.5 Å². The molecule has 0 amide bonds. The molecule has 4 aromatic carbocycles. The quantitative estimate of drug-likeness (QED) is 0.0369. The van der Waals surface area contributed by atoms with Crippen LogP contribution in [0.25, 0.3) is 0 Å². The lowest BCUT2D eigenvalue weighted by Gasteiger charge is -2.24. The topological polar surface area (TPSA) is 167 Å². The molecule has 0 saturated carbocycles. The van der Waals surface area contributed by atoms with Crippen LogP contribution < -0.4 is 14.2 Å². The summed E-state index contributed by atoms with van der Waals surface area (Å²) >= 11 is 0. The smallest absolute Gasteiger partial charge is 0.341 e. The Bertz CT molecular complexity index is 1680. The lowest BCUT2D eigenvalue weighted by atomic mass is 10.1. The lowest BCUT2D eigenvalue weighted by Crippen LogP contribution is -2.32. The molecular formula is C35H32O12. The minimum absolute atomic E-state index is 0.0569. The highest BCUT2D eigenvalue weighted by atomic mass is 17.2. The molecule has 12 heteroatoms. The number of carbonyl (C=O) groups excluding carboxylic acids is 1. The SMILES string of the molecule is C#COc1ccc(C(=O)OC(C)(C)OOCc2ccc(OCCOc3ccccc3)cc2C(=O)O)c(C(=O)O)c1.Oc1ccccc1. The van der Waals surface area contributed by atoms with Crippen molar-refractivity contribution in [2.45, 2.75) is 26.2 Å². The number of aromatic carboxylic acids is 2. The van der Waals surface area contributed by atoms with Crippen LogP contribution in [-0.4, -0.2) is 52.2 Å². The molecule has 4 aromatic rings. The van der Waals surface area contributed by atoms with E-state index in [1.54, 1.807) is 30.3 Å². The second kappa shape index (κ2) is 17.5. The van der Waals surface area contributed by atoms with E-state index in [-0.39, 0.29) is 42.3 Å². The number of benzene rings is 4. The molecule has 0 aliphatic carbocycles. The van der Waals surface area contributed by atoms with Crippen molar-refractivity contribution in [1.82, 2.24) is 0 Å². The first-order valence-electron chi connectivity index (χ1n) is 13.9. The standard InChI is InChI=1S/C29H26O11.C6H6O/c1-4-35-21-12-13-23(25(17-21)27(32)33)28(34)39-29(2,3)40-38-18-19-10-11-22(16-24(19)26(30)31)37-15-14-36-20-8-6-5-7-9-20;7-6-4-2-1-3-5-6/h1,5-13,16-17H,14-15,18H2,2-3H3,(H,30,31)(H,32,33);1-5,7H. The van der Waals surface area contributed by atoms with E-state index in [9.17, 15) is 24.6 Å². The van der Waals surface area contributed by atoms with Crippen LogP contribution in [0.3, 0.4) is 0 Å². The Balaban J connectivity index is 0.000000756. The number of hydrogen-bond donors (Lipinski definition) is 3. The summed E-state index contributed by atoms with van der Waals surface area (Å²) < 4.78 is 21.2. The van der Waals surface area contributed by atoms with Crippen molar-refractivity contribution in [2.24, 2.45) is 0 Å². The average Bonchev–Trinajstić information content (AvgIpc) is 3.04. The van der Waals surface area contributed by atoms with Crippen LogP contribution in [0.5, 0.6) is 23.0 Å². The molecule has 0 radical (unpaired) electrons. The minimum atomic E-state index is -1.67. The Morgan fingerprint density at radius 2 is 1.30 bits per heavy atom. The number of aromatic hydroxyl groups is 1. The number of ether oxygens (including phenoxy) is 4. The van der Waals surface area contributed by atoms with Crippen LogP contribution in [0.4, 0.5) is 0 Å². The molecule has 0 aromatic heterocycles. The average molecular weight is 645 g/mol. The van der Waals surface area contributed by atoms with Gasteiger partial charge in [-0.25, -0.2) is 19.3 Å². The van der Waals surface area contributed by atoms with Crippen molar-refractivity contribution in [1.29, 1.82) is 0 Å². The van der Waals surface area contributed by atoms with E-state index < -0.39 is 29.3 Å². The molecular weight excluding hydrogens is 612 g/mol. The van der Waals surface area contributed by atoms with Gasteiger partial charge in [-0.2, -0.15) is 4.89 Å². The first-order chi connectivity index (χ1) is 22.5. The summed E-state index contributed by atoms with van der Waals surface area (Å²) in [4.78, 5) is 46.4. The number of carbonyl (C=O) groups is 3. The number of hydrogen-bond acceptors (Lipinski definition) is 10. The van der Waals surface area contributed by atoms with E-state index in [2.05, 4.69) is 0 Å². The molecule has 0 saturated heterocycles. The summed E-state index contributed by atoms with van der Waals surface area (Å²) in [6, 6.07) is 25.9. The van der Waals surface area contributed by atoms with E-state index in [4.69, 9.17) is 40.3 Å². The molecule has 4 rings (SSSR count). The molecule has 0 unspecified atom stereocenters. The Hall–Kier alpha value is -6.03. The monoisotopic (exact) mass is 644 g/mol. The summed E-state index contributed by atoms with van der Waals surface area (Å²) in [5.74, 6) is -3.91. The normalized spacial score (nSPS) is 10.4. The molecule has 0 spiro atoms. The largest absolute Gasteiger partial charge is 0.508 e. The number of esters is 1. The predicted octanol–water partition coefficient (Wildman–Crippen LogP) is 5.94. The van der Waals surface area contributed by atoms with Gasteiger partial charge in [0.1, 0.15) is 48.9 Å². The highest BCUT2D eigenvalue weighted by Crippen LogP contribution is 2.24. The van der Waals surface area contributed by atoms with Gasteiger partial charge in [-0.05, 0) is 60.2 Å². The van der Waals surface area contributed by atoms with Gasteiger partial charge in [0, 0.05) is 13.8 Å². The molecule has 244 valence electrons. The van der Waals surface area contributed by atoms with Crippen molar-refractivity contribution < 1.29 is 58.4 Å². The van der Waals surface area contributed by atoms with E-state index in [0.717, 1.165) is 6.07 Å². The van der Waals surface area contributed by atoms with Crippen molar-refractivity contribution in [2.75, 3.05) is 13.2 Å². The zero-order chi connectivity index (χ0) is 34.2. The van der Waals surface area contributed by atoms with Crippen molar-refractivity contribution >= 4 is 17.9 Å². The summed E-state index contributed by atoms with van der Waals surface area (Å²) in [5.41, 5.74) is -0.485. The molecule has 47 heavy (non-hydrogen) atoms. The molecule has 3 N–H and O–H groups in total. The van der Waals surface area contributed by atoms with Gasteiger partial charge in [-0.1, -0.05) is 48.9 Å². The zero-order valence-corrected chi connectivity index (χ0v) is 25.5. The minimum Gasteiger partial charge on any atom is -0.508 e. The molecule has 0 bridgehead atoms. The molecule has 0 atom stereocenters. The van der Waals surface area contributed by atoms with Gasteiger partial charge in [-0.15, -0.1) is 0 Å². The summed E-state index contributed by atoms with van der Waals surface area (Å²) in [6.45, 7) is 2.85. The van der Waals surface area contributed by atoms with Gasteiger partial charge in [0.05, 0.1) is 16.7 Å². The second-order valence-electron chi connectivity index (χ2n) is 9.84. The Morgan fingerprint density at radius 1 is 0.723 bits per heavy atom. The molecule has 0 fully saturated rings. The van der Waals surface area contributed by atoms with Crippen LogP contribution >= 0.6 is 0 Å². The third-order valence-corrected chi connectivity index (χ3v) is 5.86.